The summed E-state index contributed by atoms with van der Waals surface area (Å²) >= 11 is 0. The van der Waals surface area contributed by atoms with E-state index < -0.39 is 62.2 Å². The van der Waals surface area contributed by atoms with E-state index in [1.807, 2.05) is 0 Å². The first-order chi connectivity index (χ1) is 15.6. The van der Waals surface area contributed by atoms with Gasteiger partial charge < -0.3 is 0 Å². The van der Waals surface area contributed by atoms with Gasteiger partial charge in [-0.3, -0.25) is 0 Å². The summed E-state index contributed by atoms with van der Waals surface area (Å²) in [7, 11) is -5.30. The largest absolute Gasteiger partial charge is 0.460 e. The van der Waals surface area contributed by atoms with Gasteiger partial charge in [-0.25, -0.2) is 8.42 Å². The number of aryl methyl sites for hydroxylation is 1. The van der Waals surface area contributed by atoms with Crippen molar-refractivity contribution >= 4 is 10.0 Å². The zero-order valence-electron chi connectivity index (χ0n) is 17.0. The molecule has 0 fully saturated rings. The minimum Gasteiger partial charge on any atom is -0.207 e. The zero-order valence-corrected chi connectivity index (χ0v) is 17.8. The van der Waals surface area contributed by atoms with Crippen molar-refractivity contribution in [3.05, 3.63) is 65.2 Å². The Morgan fingerprint density at radius 2 is 1.14 bits per heavy atom. The number of benzene rings is 2. The molecule has 0 saturated carbocycles. The molecule has 3 nitrogen and oxygen atoms in total. The lowest BCUT2D eigenvalue weighted by molar-refractivity contribution is -0.399. The molecule has 0 aliphatic rings. The molecule has 0 saturated heterocycles. The average Bonchev–Trinajstić information content (AvgIpc) is 2.70. The molecule has 0 aliphatic carbocycles. The van der Waals surface area contributed by atoms with Crippen molar-refractivity contribution < 1.29 is 61.1 Å². The monoisotopic (exact) mass is 547 g/mol. The number of hydrogen-bond acceptors (Lipinski definition) is 2. The van der Waals surface area contributed by atoms with Crippen molar-refractivity contribution in [1.82, 2.24) is 4.72 Å². The minimum atomic E-state index is -7.36. The zero-order chi connectivity index (χ0) is 27.3. The molecule has 0 aliphatic heterocycles. The van der Waals surface area contributed by atoms with Crippen LogP contribution >= 0.6 is 0 Å². The second-order valence-electron chi connectivity index (χ2n) is 7.26. The number of nitrogens with one attached hydrogen (secondary N) is 1. The van der Waals surface area contributed by atoms with Crippen molar-refractivity contribution in [3.63, 3.8) is 0 Å². The van der Waals surface area contributed by atoms with Gasteiger partial charge in [0, 0.05) is 0 Å². The molecular formula is C19H13F12NO2S. The molecule has 16 heteroatoms. The topological polar surface area (TPSA) is 46.2 Å². The molecule has 0 spiro atoms. The maximum atomic E-state index is 14.7. The molecule has 2 rings (SSSR count). The first-order valence-corrected chi connectivity index (χ1v) is 10.5. The first kappa shape index (κ1) is 28.7. The summed E-state index contributed by atoms with van der Waals surface area (Å²) in [6, 6.07) is 0.0844. The van der Waals surface area contributed by atoms with E-state index in [9.17, 15) is 61.1 Å². The standard InChI is InChI=1S/C19H13F12NO2S/c1-10-2-8-13(9-3-10)35(33,34)32-14(11-4-6-12(7-5-11)16(22,23)24)15(20,21)17(25,26)18(27,28)19(29,30)31/h2-9,14,32H,1H3. The van der Waals surface area contributed by atoms with E-state index in [1.165, 1.54) is 6.92 Å². The Hall–Kier alpha value is -2.49. The van der Waals surface area contributed by atoms with Crippen molar-refractivity contribution in [2.45, 2.75) is 48.0 Å². The van der Waals surface area contributed by atoms with Crippen LogP contribution in [-0.4, -0.2) is 32.4 Å². The van der Waals surface area contributed by atoms with Gasteiger partial charge in [0.15, 0.2) is 0 Å². The van der Waals surface area contributed by atoms with E-state index in [0.717, 1.165) is 29.0 Å². The lowest BCUT2D eigenvalue weighted by atomic mass is 9.92. The van der Waals surface area contributed by atoms with Crippen LogP contribution in [0.1, 0.15) is 22.7 Å². The van der Waals surface area contributed by atoms with Gasteiger partial charge in [-0.1, -0.05) is 29.8 Å². The molecule has 0 bridgehead atoms. The second kappa shape index (κ2) is 8.87. The third-order valence-corrected chi connectivity index (χ3v) is 6.15. The summed E-state index contributed by atoms with van der Waals surface area (Å²) in [4.78, 5) is -0.873. The molecule has 2 aromatic rings. The van der Waals surface area contributed by atoms with E-state index in [0.29, 0.717) is 5.56 Å². The van der Waals surface area contributed by atoms with Gasteiger partial charge in [0.2, 0.25) is 10.0 Å². The second-order valence-corrected chi connectivity index (χ2v) is 8.97. The predicted molar refractivity (Wildman–Crippen MR) is 96.6 cm³/mol. The van der Waals surface area contributed by atoms with Crippen LogP contribution in [-0.2, 0) is 16.2 Å². The molecule has 1 N–H and O–H groups in total. The van der Waals surface area contributed by atoms with Crippen LogP contribution in [0.2, 0.25) is 0 Å². The van der Waals surface area contributed by atoms with Gasteiger partial charge in [0.25, 0.3) is 0 Å². The normalized spacial score (nSPS) is 15.2. The van der Waals surface area contributed by atoms with Gasteiger partial charge in [-0.2, -0.15) is 57.4 Å². The third-order valence-electron chi connectivity index (χ3n) is 4.71. The lowest BCUT2D eigenvalue weighted by Crippen LogP contribution is -2.64. The van der Waals surface area contributed by atoms with E-state index in [2.05, 4.69) is 0 Å². The molecule has 1 unspecified atom stereocenters. The number of sulfonamides is 1. The lowest BCUT2D eigenvalue weighted by Gasteiger charge is -2.38. The Morgan fingerprint density at radius 1 is 0.686 bits per heavy atom. The third kappa shape index (κ3) is 5.37. The summed E-state index contributed by atoms with van der Waals surface area (Å²) in [5, 5.41) is 0. The highest BCUT2D eigenvalue weighted by atomic mass is 32.2. The fourth-order valence-electron chi connectivity index (χ4n) is 2.73. The Labute approximate surface area is 189 Å². The van der Waals surface area contributed by atoms with Crippen LogP contribution in [0.3, 0.4) is 0 Å². The maximum absolute atomic E-state index is 14.7. The highest BCUT2D eigenvalue weighted by Gasteiger charge is 2.83. The molecule has 0 aromatic heterocycles. The van der Waals surface area contributed by atoms with Gasteiger partial charge in [-0.05, 0) is 36.8 Å². The van der Waals surface area contributed by atoms with Crippen LogP contribution in [0.5, 0.6) is 0 Å². The molecule has 1 atom stereocenters. The summed E-state index contributed by atoms with van der Waals surface area (Å²) in [5.74, 6) is -21.1. The Balaban J connectivity index is 2.70. The molecule has 0 heterocycles. The van der Waals surface area contributed by atoms with Crippen LogP contribution in [0.4, 0.5) is 52.7 Å². The van der Waals surface area contributed by atoms with E-state index in [4.69, 9.17) is 0 Å². The van der Waals surface area contributed by atoms with Crippen LogP contribution in [0.25, 0.3) is 0 Å². The number of hydrogen-bond donors (Lipinski definition) is 1. The summed E-state index contributed by atoms with van der Waals surface area (Å²) < 4.78 is 186. The summed E-state index contributed by atoms with van der Waals surface area (Å²) in [6.07, 6.45) is -12.3. The summed E-state index contributed by atoms with van der Waals surface area (Å²) in [5.41, 5.74) is -2.54. The van der Waals surface area contributed by atoms with Gasteiger partial charge in [0.05, 0.1) is 10.5 Å². The molecule has 35 heavy (non-hydrogen) atoms. The number of halogens is 12. The number of rotatable bonds is 7. The quantitative estimate of drug-likeness (QED) is 0.403. The van der Waals surface area contributed by atoms with Gasteiger partial charge in [-0.15, -0.1) is 0 Å². The molecule has 0 amide bonds. The van der Waals surface area contributed by atoms with Crippen molar-refractivity contribution in [2.24, 2.45) is 0 Å². The maximum Gasteiger partial charge on any atom is 0.460 e. The van der Waals surface area contributed by atoms with E-state index in [1.54, 1.807) is 0 Å². The molecule has 2 aromatic carbocycles. The van der Waals surface area contributed by atoms with E-state index in [-0.39, 0.29) is 24.3 Å². The minimum absolute atomic E-state index is 0.0264. The molecular weight excluding hydrogens is 534 g/mol. The van der Waals surface area contributed by atoms with Gasteiger partial charge >= 0.3 is 30.1 Å². The fourth-order valence-corrected chi connectivity index (χ4v) is 3.95. The van der Waals surface area contributed by atoms with Crippen molar-refractivity contribution in [3.8, 4) is 0 Å². The van der Waals surface area contributed by atoms with Crippen LogP contribution in [0.15, 0.2) is 53.4 Å². The van der Waals surface area contributed by atoms with Crippen molar-refractivity contribution in [2.75, 3.05) is 0 Å². The van der Waals surface area contributed by atoms with Crippen LogP contribution < -0.4 is 4.72 Å². The first-order valence-electron chi connectivity index (χ1n) is 9.02. The smallest absolute Gasteiger partial charge is 0.207 e. The van der Waals surface area contributed by atoms with E-state index >= 15 is 0 Å². The number of alkyl halides is 12. The Morgan fingerprint density at radius 3 is 1.54 bits per heavy atom. The average molecular weight is 547 g/mol. The van der Waals surface area contributed by atoms with Crippen molar-refractivity contribution in [1.29, 1.82) is 0 Å². The van der Waals surface area contributed by atoms with Crippen LogP contribution in [0, 0.1) is 6.92 Å². The molecule has 196 valence electrons. The Kier molecular flexibility index (Phi) is 7.28. The highest BCUT2D eigenvalue weighted by molar-refractivity contribution is 7.89. The summed E-state index contributed by atoms with van der Waals surface area (Å²) in [6.45, 7) is 1.46. The molecule has 0 radical (unpaired) electrons. The fraction of sp³-hybridized carbons (Fsp3) is 0.368. The Bertz CT molecular complexity index is 1140. The van der Waals surface area contributed by atoms with Gasteiger partial charge in [0.1, 0.15) is 6.04 Å². The predicted octanol–water partition coefficient (Wildman–Crippen LogP) is 6.50. The SMILES string of the molecule is Cc1ccc(S(=O)(=O)NC(c2ccc(C(F)(F)F)cc2)C(F)(F)C(F)(F)C(F)(F)C(F)(F)F)cc1. The highest BCUT2D eigenvalue weighted by Crippen LogP contribution is 2.56.